The van der Waals surface area contributed by atoms with Crippen molar-refractivity contribution < 1.29 is 28.4 Å². The van der Waals surface area contributed by atoms with Crippen LogP contribution in [0.1, 0.15) is 19.8 Å². The van der Waals surface area contributed by atoms with E-state index in [4.69, 9.17) is 4.74 Å². The van der Waals surface area contributed by atoms with E-state index in [0.29, 0.717) is 0 Å². The van der Waals surface area contributed by atoms with E-state index in [1.165, 1.54) is 6.07 Å². The Hall–Kier alpha value is -2.51. The van der Waals surface area contributed by atoms with Gasteiger partial charge in [0.05, 0.1) is 18.0 Å². The predicted octanol–water partition coefficient (Wildman–Crippen LogP) is 2.03. The molecule has 0 unspecified atom stereocenters. The summed E-state index contributed by atoms with van der Waals surface area (Å²) >= 11 is 0. The second-order valence-electron chi connectivity index (χ2n) is 4.00. The van der Waals surface area contributed by atoms with Gasteiger partial charge in [0.25, 0.3) is 0 Å². The zero-order chi connectivity index (χ0) is 15.8. The van der Waals surface area contributed by atoms with Crippen molar-refractivity contribution in [2.45, 2.75) is 19.8 Å². The second-order valence-corrected chi connectivity index (χ2v) is 4.00. The van der Waals surface area contributed by atoms with Gasteiger partial charge in [0.2, 0.25) is 5.82 Å². The van der Waals surface area contributed by atoms with E-state index in [1.54, 1.807) is 6.92 Å². The number of rotatable bonds is 8. The molecule has 0 bridgehead atoms. The van der Waals surface area contributed by atoms with Gasteiger partial charge in [-0.25, -0.2) is 0 Å². The zero-order valence-corrected chi connectivity index (χ0v) is 11.3. The first-order valence-electron chi connectivity index (χ1n) is 6.18. The van der Waals surface area contributed by atoms with E-state index in [1.807, 2.05) is 0 Å². The fourth-order valence-corrected chi connectivity index (χ4v) is 1.44. The van der Waals surface area contributed by atoms with Gasteiger partial charge < -0.3 is 9.47 Å². The lowest BCUT2D eigenvalue weighted by Gasteiger charge is -2.05. The van der Waals surface area contributed by atoms with Crippen LogP contribution in [0, 0.1) is 15.9 Å². The molecule has 8 heteroatoms. The van der Waals surface area contributed by atoms with Crippen molar-refractivity contribution >= 4 is 17.4 Å². The minimum atomic E-state index is -1.04. The molecule has 21 heavy (non-hydrogen) atoms. The Labute approximate surface area is 119 Å². The largest absolute Gasteiger partial charge is 0.486 e. The van der Waals surface area contributed by atoms with Crippen LogP contribution in [-0.2, 0) is 14.3 Å². The van der Waals surface area contributed by atoms with Crippen LogP contribution < -0.4 is 4.74 Å². The van der Waals surface area contributed by atoms with Gasteiger partial charge in [0.15, 0.2) is 5.78 Å². The highest BCUT2D eigenvalue weighted by molar-refractivity contribution is 5.84. The smallest absolute Gasteiger partial charge is 0.306 e. The summed E-state index contributed by atoms with van der Waals surface area (Å²) in [6.45, 7) is 1.55. The number of nitro groups is 1. The van der Waals surface area contributed by atoms with E-state index >= 15 is 0 Å². The van der Waals surface area contributed by atoms with Gasteiger partial charge in [-0.2, -0.15) is 4.39 Å². The van der Waals surface area contributed by atoms with Gasteiger partial charge in [0, 0.05) is 18.6 Å². The number of halogens is 1. The number of ether oxygens (including phenoxy) is 2. The number of Topliss-reactive ketones (excluding diaryl/α,β-unsaturated/α-hetero) is 1. The highest BCUT2D eigenvalue weighted by Gasteiger charge is 2.15. The number of nitro benzene ring substituents is 1. The molecule has 0 aliphatic heterocycles. The Kier molecular flexibility index (Phi) is 6.25. The number of esters is 1. The summed E-state index contributed by atoms with van der Waals surface area (Å²) in [5.41, 5.74) is -0.670. The Balaban J connectivity index is 2.45. The van der Waals surface area contributed by atoms with Crippen molar-refractivity contribution in [1.29, 1.82) is 0 Å². The normalized spacial score (nSPS) is 10.0. The lowest BCUT2D eigenvalue weighted by Crippen LogP contribution is -2.14. The number of hydrogen-bond acceptors (Lipinski definition) is 6. The minimum Gasteiger partial charge on any atom is -0.486 e. The monoisotopic (exact) mass is 299 g/mol. The van der Waals surface area contributed by atoms with E-state index in [9.17, 15) is 24.1 Å². The molecule has 0 heterocycles. The maximum absolute atomic E-state index is 13.3. The number of ketones is 1. The third-order valence-corrected chi connectivity index (χ3v) is 2.43. The molecule has 0 aliphatic carbocycles. The average molecular weight is 299 g/mol. The lowest BCUT2D eigenvalue weighted by molar-refractivity contribution is -0.387. The quantitative estimate of drug-likeness (QED) is 0.414. The van der Waals surface area contributed by atoms with Crippen LogP contribution in [0.5, 0.6) is 5.75 Å². The highest BCUT2D eigenvalue weighted by atomic mass is 19.1. The van der Waals surface area contributed by atoms with Crippen LogP contribution >= 0.6 is 0 Å². The Morgan fingerprint density at radius 2 is 2.05 bits per heavy atom. The fraction of sp³-hybridized carbons (Fsp3) is 0.385. The standard InChI is InChI=1S/C13H14FNO6/c1-2-20-13(17)6-3-9(16)8-21-10-4-5-12(15(18)19)11(14)7-10/h4-5,7H,2-3,6,8H2,1H3. The summed E-state index contributed by atoms with van der Waals surface area (Å²) in [7, 11) is 0. The van der Waals surface area contributed by atoms with Crippen LogP contribution in [0.2, 0.25) is 0 Å². The number of nitrogens with zero attached hydrogens (tertiary/aromatic N) is 1. The fourth-order valence-electron chi connectivity index (χ4n) is 1.44. The SMILES string of the molecule is CCOC(=O)CCC(=O)COc1ccc([N+](=O)[O-])c(F)c1. The molecule has 0 aromatic heterocycles. The first kappa shape index (κ1) is 16.5. The molecule has 1 aromatic carbocycles. The molecule has 0 radical (unpaired) electrons. The molecule has 0 aliphatic rings. The molecule has 1 aromatic rings. The van der Waals surface area contributed by atoms with Crippen LogP contribution in [0.3, 0.4) is 0 Å². The third-order valence-electron chi connectivity index (χ3n) is 2.43. The Morgan fingerprint density at radius 1 is 1.33 bits per heavy atom. The summed E-state index contributed by atoms with van der Waals surface area (Å²) in [6.07, 6.45) is -0.0983. The van der Waals surface area contributed by atoms with E-state index in [-0.39, 0.29) is 37.6 Å². The molecular weight excluding hydrogens is 285 g/mol. The third kappa shape index (κ3) is 5.55. The molecule has 0 saturated carbocycles. The maximum atomic E-state index is 13.3. The summed E-state index contributed by atoms with van der Waals surface area (Å²) in [6, 6.07) is 2.98. The number of carbonyl (C=O) groups excluding carboxylic acids is 2. The minimum absolute atomic E-state index is 0.00239. The van der Waals surface area contributed by atoms with Crippen LogP contribution in [0.15, 0.2) is 18.2 Å². The zero-order valence-electron chi connectivity index (χ0n) is 11.3. The van der Waals surface area contributed by atoms with Gasteiger partial charge in [-0.15, -0.1) is 0 Å². The Bertz CT molecular complexity index is 545. The van der Waals surface area contributed by atoms with Gasteiger partial charge >= 0.3 is 11.7 Å². The van der Waals surface area contributed by atoms with Crippen LogP contribution in [-0.4, -0.2) is 29.9 Å². The molecule has 0 amide bonds. The van der Waals surface area contributed by atoms with Crippen LogP contribution in [0.25, 0.3) is 0 Å². The van der Waals surface area contributed by atoms with Crippen molar-refractivity contribution in [2.75, 3.05) is 13.2 Å². The van der Waals surface area contributed by atoms with Gasteiger partial charge in [-0.3, -0.25) is 19.7 Å². The van der Waals surface area contributed by atoms with E-state index in [2.05, 4.69) is 4.74 Å². The summed E-state index contributed by atoms with van der Waals surface area (Å²) in [5.74, 6) is -1.88. The van der Waals surface area contributed by atoms with Gasteiger partial charge in [0.1, 0.15) is 12.4 Å². The molecule has 0 atom stereocenters. The molecule has 1 rings (SSSR count). The topological polar surface area (TPSA) is 95.7 Å². The van der Waals surface area contributed by atoms with E-state index < -0.39 is 22.4 Å². The highest BCUT2D eigenvalue weighted by Crippen LogP contribution is 2.22. The summed E-state index contributed by atoms with van der Waals surface area (Å²) in [5, 5.41) is 10.4. The average Bonchev–Trinajstić information content (AvgIpc) is 2.43. The van der Waals surface area contributed by atoms with Gasteiger partial charge in [-0.05, 0) is 13.0 Å². The molecule has 0 spiro atoms. The van der Waals surface area contributed by atoms with Crippen molar-refractivity contribution in [1.82, 2.24) is 0 Å². The molecule has 7 nitrogen and oxygen atoms in total. The number of carbonyl (C=O) groups is 2. The van der Waals surface area contributed by atoms with Gasteiger partial charge in [-0.1, -0.05) is 0 Å². The molecule has 0 saturated heterocycles. The summed E-state index contributed by atoms with van der Waals surface area (Å²) < 4.78 is 23.0. The number of benzene rings is 1. The second kappa shape index (κ2) is 7.93. The van der Waals surface area contributed by atoms with Crippen molar-refractivity contribution in [3.63, 3.8) is 0 Å². The lowest BCUT2D eigenvalue weighted by atomic mass is 10.2. The molecular formula is C13H14FNO6. The van der Waals surface area contributed by atoms with Crippen molar-refractivity contribution in [3.8, 4) is 5.75 Å². The maximum Gasteiger partial charge on any atom is 0.306 e. The van der Waals surface area contributed by atoms with E-state index in [0.717, 1.165) is 12.1 Å². The number of hydrogen-bond donors (Lipinski definition) is 0. The summed E-state index contributed by atoms with van der Waals surface area (Å²) in [4.78, 5) is 32.1. The molecule has 114 valence electrons. The van der Waals surface area contributed by atoms with Crippen molar-refractivity contribution in [3.05, 3.63) is 34.1 Å². The molecule has 0 N–H and O–H groups in total. The Morgan fingerprint density at radius 3 is 2.62 bits per heavy atom. The van der Waals surface area contributed by atoms with Crippen LogP contribution in [0.4, 0.5) is 10.1 Å². The van der Waals surface area contributed by atoms with Crippen molar-refractivity contribution in [2.24, 2.45) is 0 Å². The predicted molar refractivity (Wildman–Crippen MR) is 69.4 cm³/mol. The molecule has 0 fully saturated rings. The first-order chi connectivity index (χ1) is 9.93. The first-order valence-corrected chi connectivity index (χ1v) is 6.18.